The molecule has 0 bridgehead atoms. The highest BCUT2D eigenvalue weighted by Crippen LogP contribution is 2.30. The van der Waals surface area contributed by atoms with Crippen LogP contribution in [-0.4, -0.2) is 34.4 Å². The van der Waals surface area contributed by atoms with Gasteiger partial charge in [0.25, 0.3) is 0 Å². The molecule has 0 spiro atoms. The molecule has 3 aromatic rings. The molecule has 0 unspecified atom stereocenters. The Labute approximate surface area is 145 Å². The van der Waals surface area contributed by atoms with E-state index in [4.69, 9.17) is 9.47 Å². The number of methoxy groups -OCH3 is 2. The van der Waals surface area contributed by atoms with Gasteiger partial charge in [0, 0.05) is 25.0 Å². The van der Waals surface area contributed by atoms with Crippen LogP contribution in [0.5, 0.6) is 11.5 Å². The van der Waals surface area contributed by atoms with Crippen LogP contribution in [0.15, 0.2) is 48.9 Å². The second kappa shape index (κ2) is 7.91. The SMILES string of the molecule is COc1ccc(OC)c(Nc2nncc(NCc3cccnc3)n2)c1. The molecule has 0 atom stereocenters. The molecule has 1 aromatic carbocycles. The summed E-state index contributed by atoms with van der Waals surface area (Å²) in [4.78, 5) is 8.48. The largest absolute Gasteiger partial charge is 0.497 e. The van der Waals surface area contributed by atoms with Gasteiger partial charge in [-0.05, 0) is 23.8 Å². The molecular formula is C17H18N6O2. The monoisotopic (exact) mass is 338 g/mol. The first kappa shape index (κ1) is 16.4. The lowest BCUT2D eigenvalue weighted by atomic mass is 10.2. The fraction of sp³-hybridized carbons (Fsp3) is 0.176. The molecule has 0 radical (unpaired) electrons. The van der Waals surface area contributed by atoms with Crippen LogP contribution in [0.3, 0.4) is 0 Å². The number of hydrogen-bond donors (Lipinski definition) is 2. The van der Waals surface area contributed by atoms with E-state index in [9.17, 15) is 0 Å². The molecule has 2 N–H and O–H groups in total. The molecule has 0 aliphatic heterocycles. The van der Waals surface area contributed by atoms with Crippen LogP contribution in [0.4, 0.5) is 17.5 Å². The highest BCUT2D eigenvalue weighted by molar-refractivity contribution is 5.65. The number of benzene rings is 1. The zero-order chi connectivity index (χ0) is 17.5. The van der Waals surface area contributed by atoms with Crippen LogP contribution in [0.25, 0.3) is 0 Å². The molecule has 0 fully saturated rings. The van der Waals surface area contributed by atoms with Crippen LogP contribution >= 0.6 is 0 Å². The first-order chi connectivity index (χ1) is 12.3. The van der Waals surface area contributed by atoms with Crippen molar-refractivity contribution < 1.29 is 9.47 Å². The van der Waals surface area contributed by atoms with Crippen LogP contribution < -0.4 is 20.1 Å². The number of aromatic nitrogens is 4. The van der Waals surface area contributed by atoms with Gasteiger partial charge in [0.2, 0.25) is 5.95 Å². The van der Waals surface area contributed by atoms with Crippen LogP contribution in [0, 0.1) is 0 Å². The van der Waals surface area contributed by atoms with Crippen molar-refractivity contribution >= 4 is 17.5 Å². The van der Waals surface area contributed by atoms with E-state index in [0.717, 1.165) is 5.56 Å². The van der Waals surface area contributed by atoms with Crippen molar-refractivity contribution in [3.8, 4) is 11.5 Å². The first-order valence-electron chi connectivity index (χ1n) is 7.60. The molecule has 8 nitrogen and oxygen atoms in total. The summed E-state index contributed by atoms with van der Waals surface area (Å²) >= 11 is 0. The second-order valence-electron chi connectivity index (χ2n) is 5.07. The van der Waals surface area contributed by atoms with Crippen molar-refractivity contribution in [3.05, 3.63) is 54.5 Å². The Bertz CT molecular complexity index is 828. The van der Waals surface area contributed by atoms with Crippen molar-refractivity contribution in [1.82, 2.24) is 20.2 Å². The molecule has 0 aliphatic carbocycles. The highest BCUT2D eigenvalue weighted by atomic mass is 16.5. The Morgan fingerprint density at radius 3 is 2.76 bits per heavy atom. The molecule has 0 amide bonds. The predicted molar refractivity (Wildman–Crippen MR) is 94.2 cm³/mol. The Balaban J connectivity index is 1.73. The molecule has 2 aromatic heterocycles. The normalized spacial score (nSPS) is 10.2. The zero-order valence-electron chi connectivity index (χ0n) is 13.9. The summed E-state index contributed by atoms with van der Waals surface area (Å²) in [5.41, 5.74) is 1.73. The van der Waals surface area contributed by atoms with E-state index in [1.165, 1.54) is 0 Å². The molecule has 3 rings (SSSR count). The van der Waals surface area contributed by atoms with Crippen molar-refractivity contribution in [2.75, 3.05) is 24.9 Å². The lowest BCUT2D eigenvalue weighted by Crippen LogP contribution is -2.06. The van der Waals surface area contributed by atoms with Crippen molar-refractivity contribution in [1.29, 1.82) is 0 Å². The molecule has 8 heteroatoms. The number of pyridine rings is 1. The highest BCUT2D eigenvalue weighted by Gasteiger charge is 2.08. The smallest absolute Gasteiger partial charge is 0.249 e. The van der Waals surface area contributed by atoms with E-state index < -0.39 is 0 Å². The summed E-state index contributed by atoms with van der Waals surface area (Å²) in [5, 5.41) is 14.2. The summed E-state index contributed by atoms with van der Waals surface area (Å²) in [6, 6.07) is 9.29. The van der Waals surface area contributed by atoms with Gasteiger partial charge in [-0.1, -0.05) is 6.07 Å². The van der Waals surface area contributed by atoms with Gasteiger partial charge >= 0.3 is 0 Å². The summed E-state index contributed by atoms with van der Waals surface area (Å²) in [6.45, 7) is 0.592. The third-order valence-corrected chi connectivity index (χ3v) is 3.41. The van der Waals surface area contributed by atoms with E-state index in [-0.39, 0.29) is 0 Å². The fourth-order valence-electron chi connectivity index (χ4n) is 2.17. The van der Waals surface area contributed by atoms with E-state index in [2.05, 4.69) is 30.8 Å². The van der Waals surface area contributed by atoms with Crippen molar-refractivity contribution in [2.45, 2.75) is 6.54 Å². The van der Waals surface area contributed by atoms with Crippen LogP contribution in [0.1, 0.15) is 5.56 Å². The van der Waals surface area contributed by atoms with Gasteiger partial charge in [0.15, 0.2) is 5.82 Å². The van der Waals surface area contributed by atoms with Crippen molar-refractivity contribution in [3.63, 3.8) is 0 Å². The van der Waals surface area contributed by atoms with Gasteiger partial charge in [-0.3, -0.25) is 4.98 Å². The quantitative estimate of drug-likeness (QED) is 0.679. The third-order valence-electron chi connectivity index (χ3n) is 3.41. The molecule has 0 aliphatic rings. The average Bonchev–Trinajstić information content (AvgIpc) is 2.67. The Kier molecular flexibility index (Phi) is 5.20. The third kappa shape index (κ3) is 4.31. The Morgan fingerprint density at radius 1 is 1.08 bits per heavy atom. The number of rotatable bonds is 7. The van der Waals surface area contributed by atoms with E-state index in [1.807, 2.05) is 18.2 Å². The number of nitrogens with one attached hydrogen (secondary N) is 2. The fourth-order valence-corrected chi connectivity index (χ4v) is 2.17. The number of nitrogens with zero attached hydrogens (tertiary/aromatic N) is 4. The second-order valence-corrected chi connectivity index (χ2v) is 5.07. The summed E-state index contributed by atoms with van der Waals surface area (Å²) in [5.74, 6) is 2.30. The summed E-state index contributed by atoms with van der Waals surface area (Å²) in [6.07, 6.45) is 5.09. The molecule has 25 heavy (non-hydrogen) atoms. The molecular weight excluding hydrogens is 320 g/mol. The molecule has 2 heterocycles. The minimum absolute atomic E-state index is 0.350. The zero-order valence-corrected chi connectivity index (χ0v) is 13.9. The molecule has 0 saturated heterocycles. The average molecular weight is 338 g/mol. The van der Waals surface area contributed by atoms with E-state index in [1.54, 1.807) is 44.9 Å². The number of anilines is 3. The van der Waals surface area contributed by atoms with Crippen LogP contribution in [-0.2, 0) is 6.54 Å². The number of ether oxygens (including phenoxy) is 2. The minimum Gasteiger partial charge on any atom is -0.497 e. The lowest BCUT2D eigenvalue weighted by molar-refractivity contribution is 0.405. The van der Waals surface area contributed by atoms with Gasteiger partial charge in [0.05, 0.1) is 26.1 Å². The Hall–Kier alpha value is -3.42. The maximum atomic E-state index is 5.34. The van der Waals surface area contributed by atoms with Gasteiger partial charge in [-0.15, -0.1) is 5.10 Å². The minimum atomic E-state index is 0.350. The van der Waals surface area contributed by atoms with E-state index >= 15 is 0 Å². The first-order valence-corrected chi connectivity index (χ1v) is 7.60. The topological polar surface area (TPSA) is 94.1 Å². The van der Waals surface area contributed by atoms with Gasteiger partial charge < -0.3 is 20.1 Å². The molecule has 128 valence electrons. The maximum absolute atomic E-state index is 5.34. The van der Waals surface area contributed by atoms with Gasteiger partial charge in [-0.2, -0.15) is 10.1 Å². The maximum Gasteiger partial charge on any atom is 0.249 e. The van der Waals surface area contributed by atoms with Gasteiger partial charge in [-0.25, -0.2) is 0 Å². The summed E-state index contributed by atoms with van der Waals surface area (Å²) in [7, 11) is 3.20. The predicted octanol–water partition coefficient (Wildman–Crippen LogP) is 2.64. The standard InChI is InChI=1S/C17H18N6O2/c1-24-13-5-6-15(25-2)14(8-13)21-17-22-16(11-20-23-17)19-10-12-4-3-7-18-9-12/h3-9,11H,10H2,1-2H3,(H2,19,21,22,23). The lowest BCUT2D eigenvalue weighted by Gasteiger charge is -2.12. The summed E-state index contributed by atoms with van der Waals surface area (Å²) < 4.78 is 10.6. The van der Waals surface area contributed by atoms with Crippen molar-refractivity contribution in [2.24, 2.45) is 0 Å². The van der Waals surface area contributed by atoms with E-state index in [0.29, 0.717) is 35.5 Å². The Morgan fingerprint density at radius 2 is 2.00 bits per heavy atom. The molecule has 0 saturated carbocycles. The number of hydrogen-bond acceptors (Lipinski definition) is 8. The van der Waals surface area contributed by atoms with Crippen LogP contribution in [0.2, 0.25) is 0 Å². The van der Waals surface area contributed by atoms with Gasteiger partial charge in [0.1, 0.15) is 11.5 Å².